The Bertz CT molecular complexity index is 443. The quantitative estimate of drug-likeness (QED) is 0.217. The molecule has 0 saturated carbocycles. The van der Waals surface area contributed by atoms with Gasteiger partial charge < -0.3 is 0 Å². The van der Waals surface area contributed by atoms with Gasteiger partial charge in [0, 0.05) is 22.3 Å². The van der Waals surface area contributed by atoms with Crippen LogP contribution in [-0.4, -0.2) is 9.96 Å². The summed E-state index contributed by atoms with van der Waals surface area (Å²) < 4.78 is 12.1. The maximum atomic E-state index is 12.1. The highest BCUT2D eigenvalue weighted by molar-refractivity contribution is 7.84. The molecule has 0 radical (unpaired) electrons. The highest BCUT2D eigenvalue weighted by Crippen LogP contribution is 2.14. The molecule has 0 aliphatic carbocycles. The van der Waals surface area contributed by atoms with Gasteiger partial charge in [0.2, 0.25) is 0 Å². The molecule has 0 aliphatic rings. The third-order valence-corrected chi connectivity index (χ3v) is 6.80. The van der Waals surface area contributed by atoms with Gasteiger partial charge in [0.1, 0.15) is 0 Å². The summed E-state index contributed by atoms with van der Waals surface area (Å²) in [6, 6.07) is 10.2. The molecule has 0 bridgehead atoms. The van der Waals surface area contributed by atoms with Crippen LogP contribution in [0.1, 0.15) is 115 Å². The van der Waals surface area contributed by atoms with Crippen molar-refractivity contribution in [2.24, 2.45) is 0 Å². The van der Waals surface area contributed by atoms with E-state index in [9.17, 15) is 4.21 Å². The van der Waals surface area contributed by atoms with Crippen molar-refractivity contribution in [2.45, 2.75) is 115 Å². The first-order chi connectivity index (χ1) is 13.3. The standard InChI is InChI=1S/C25H44OS/c1-2-3-4-5-6-7-8-9-10-11-12-13-14-15-16-20-23-27(26)24-25-21-18-17-19-22-25/h17-19,21-22H,2-16,20,23-24H2,1H3. The fourth-order valence-corrected chi connectivity index (χ4v) is 4.88. The van der Waals surface area contributed by atoms with Crippen LogP contribution in [0.2, 0.25) is 0 Å². The summed E-state index contributed by atoms with van der Waals surface area (Å²) in [6.45, 7) is 2.29. The topological polar surface area (TPSA) is 17.1 Å². The van der Waals surface area contributed by atoms with Crippen LogP contribution >= 0.6 is 0 Å². The Hall–Kier alpha value is -0.630. The highest BCUT2D eigenvalue weighted by atomic mass is 32.2. The summed E-state index contributed by atoms with van der Waals surface area (Å²) in [5, 5.41) is 0. The molecule has 0 heterocycles. The minimum absolute atomic E-state index is 0.688. The maximum absolute atomic E-state index is 12.1. The molecule has 0 amide bonds. The molecule has 1 nitrogen and oxygen atoms in total. The van der Waals surface area contributed by atoms with E-state index in [0.717, 1.165) is 17.9 Å². The second-order valence-electron chi connectivity index (χ2n) is 8.08. The zero-order valence-corrected chi connectivity index (χ0v) is 18.7. The van der Waals surface area contributed by atoms with E-state index in [4.69, 9.17) is 0 Å². The molecule has 156 valence electrons. The fraction of sp³-hybridized carbons (Fsp3) is 0.760. The van der Waals surface area contributed by atoms with Crippen LogP contribution in [0.15, 0.2) is 30.3 Å². The number of rotatable bonds is 19. The lowest BCUT2D eigenvalue weighted by molar-refractivity contribution is 0.531. The Kier molecular flexibility index (Phi) is 16.9. The molecule has 0 fully saturated rings. The first-order valence-corrected chi connectivity index (χ1v) is 13.2. The van der Waals surface area contributed by atoms with E-state index < -0.39 is 10.8 Å². The van der Waals surface area contributed by atoms with E-state index in [0.29, 0.717) is 0 Å². The molecule has 0 aliphatic heterocycles. The summed E-state index contributed by atoms with van der Waals surface area (Å²) >= 11 is 0. The molecule has 0 aromatic heterocycles. The summed E-state index contributed by atoms with van der Waals surface area (Å²) in [5.41, 5.74) is 1.20. The van der Waals surface area contributed by atoms with E-state index in [1.165, 1.54) is 102 Å². The zero-order valence-electron chi connectivity index (χ0n) is 17.9. The van der Waals surface area contributed by atoms with Crippen molar-refractivity contribution in [1.29, 1.82) is 0 Å². The first-order valence-electron chi connectivity index (χ1n) is 11.7. The Labute approximate surface area is 172 Å². The molecule has 0 saturated heterocycles. The van der Waals surface area contributed by atoms with E-state index in [2.05, 4.69) is 19.1 Å². The van der Waals surface area contributed by atoms with Crippen LogP contribution in [0.4, 0.5) is 0 Å². The van der Waals surface area contributed by atoms with Crippen molar-refractivity contribution in [3.63, 3.8) is 0 Å². The molecular formula is C25H44OS. The number of benzene rings is 1. The molecule has 1 rings (SSSR count). The summed E-state index contributed by atoms with van der Waals surface area (Å²) in [6.07, 6.45) is 22.2. The Morgan fingerprint density at radius 3 is 1.44 bits per heavy atom. The minimum atomic E-state index is -0.688. The van der Waals surface area contributed by atoms with Gasteiger partial charge in [-0.1, -0.05) is 134 Å². The smallest absolute Gasteiger partial charge is 0.0485 e. The molecule has 27 heavy (non-hydrogen) atoms. The second-order valence-corrected chi connectivity index (χ2v) is 9.65. The molecule has 1 aromatic carbocycles. The molecular weight excluding hydrogens is 348 g/mol. The zero-order chi connectivity index (χ0) is 19.4. The summed E-state index contributed by atoms with van der Waals surface area (Å²) in [4.78, 5) is 0. The third-order valence-electron chi connectivity index (χ3n) is 5.40. The molecule has 1 unspecified atom stereocenters. The number of hydrogen-bond acceptors (Lipinski definition) is 1. The van der Waals surface area contributed by atoms with E-state index in [1.807, 2.05) is 18.2 Å². The molecule has 0 spiro atoms. The van der Waals surface area contributed by atoms with Crippen LogP contribution < -0.4 is 0 Å². The van der Waals surface area contributed by atoms with Gasteiger partial charge in [-0.05, 0) is 12.0 Å². The fourth-order valence-electron chi connectivity index (χ4n) is 3.64. The average Bonchev–Trinajstić information content (AvgIpc) is 2.68. The minimum Gasteiger partial charge on any atom is -0.259 e. The first kappa shape index (κ1) is 24.4. The summed E-state index contributed by atoms with van der Waals surface area (Å²) in [5.74, 6) is 1.59. The Balaban J connectivity index is 1.76. The van der Waals surface area contributed by atoms with Crippen LogP contribution in [0.5, 0.6) is 0 Å². The van der Waals surface area contributed by atoms with Crippen molar-refractivity contribution >= 4 is 10.8 Å². The SMILES string of the molecule is CCCCCCCCCCCCCCCCCCS(=O)Cc1ccccc1. The van der Waals surface area contributed by atoms with Gasteiger partial charge in [0.25, 0.3) is 0 Å². The normalized spacial score (nSPS) is 12.3. The van der Waals surface area contributed by atoms with E-state index in [-0.39, 0.29) is 0 Å². The van der Waals surface area contributed by atoms with Gasteiger partial charge in [-0.3, -0.25) is 4.21 Å². The average molecular weight is 393 g/mol. The third kappa shape index (κ3) is 16.1. The maximum Gasteiger partial charge on any atom is 0.0485 e. The van der Waals surface area contributed by atoms with Crippen molar-refractivity contribution in [2.75, 3.05) is 5.75 Å². The van der Waals surface area contributed by atoms with Gasteiger partial charge >= 0.3 is 0 Å². The van der Waals surface area contributed by atoms with Gasteiger partial charge in [-0.15, -0.1) is 0 Å². The number of hydrogen-bond donors (Lipinski definition) is 0. The lowest BCUT2D eigenvalue weighted by Gasteiger charge is -2.04. The Morgan fingerprint density at radius 1 is 0.593 bits per heavy atom. The monoisotopic (exact) mass is 392 g/mol. The predicted octanol–water partition coefficient (Wildman–Crippen LogP) is 8.20. The van der Waals surface area contributed by atoms with Gasteiger partial charge in [0.05, 0.1) is 0 Å². The van der Waals surface area contributed by atoms with E-state index in [1.54, 1.807) is 0 Å². The van der Waals surface area contributed by atoms with Crippen LogP contribution in [0.3, 0.4) is 0 Å². The van der Waals surface area contributed by atoms with Crippen molar-refractivity contribution in [3.8, 4) is 0 Å². The van der Waals surface area contributed by atoms with Crippen LogP contribution in [0, 0.1) is 0 Å². The molecule has 1 atom stereocenters. The van der Waals surface area contributed by atoms with Crippen LogP contribution in [0.25, 0.3) is 0 Å². The second kappa shape index (κ2) is 18.7. The van der Waals surface area contributed by atoms with Gasteiger partial charge in [-0.2, -0.15) is 0 Å². The van der Waals surface area contributed by atoms with E-state index >= 15 is 0 Å². The highest BCUT2D eigenvalue weighted by Gasteiger charge is 2.01. The van der Waals surface area contributed by atoms with Crippen molar-refractivity contribution in [1.82, 2.24) is 0 Å². The Morgan fingerprint density at radius 2 is 1.00 bits per heavy atom. The summed E-state index contributed by atoms with van der Waals surface area (Å²) in [7, 11) is -0.688. The number of unbranched alkanes of at least 4 members (excludes halogenated alkanes) is 15. The molecule has 1 aromatic rings. The largest absolute Gasteiger partial charge is 0.259 e. The van der Waals surface area contributed by atoms with Gasteiger partial charge in [0.15, 0.2) is 0 Å². The van der Waals surface area contributed by atoms with Gasteiger partial charge in [-0.25, -0.2) is 0 Å². The van der Waals surface area contributed by atoms with Crippen molar-refractivity contribution < 1.29 is 4.21 Å². The van der Waals surface area contributed by atoms with Crippen LogP contribution in [-0.2, 0) is 16.6 Å². The molecule has 2 heteroatoms. The predicted molar refractivity (Wildman–Crippen MR) is 123 cm³/mol. The van der Waals surface area contributed by atoms with Crippen molar-refractivity contribution in [3.05, 3.63) is 35.9 Å². The lowest BCUT2D eigenvalue weighted by Crippen LogP contribution is -2.01. The molecule has 0 N–H and O–H groups in total. The lowest BCUT2D eigenvalue weighted by atomic mass is 10.0.